The average Bonchev–Trinajstić information content (AvgIpc) is 2.94. The molecule has 0 unspecified atom stereocenters. The fourth-order valence-corrected chi connectivity index (χ4v) is 3.13. The van der Waals surface area contributed by atoms with E-state index in [9.17, 15) is 13.2 Å². The number of thiophene rings is 1. The average molecular weight is 337 g/mol. The minimum absolute atomic E-state index is 0.308. The van der Waals surface area contributed by atoms with Gasteiger partial charge < -0.3 is 5.32 Å². The summed E-state index contributed by atoms with van der Waals surface area (Å²) in [6.07, 6.45) is -4.34. The van der Waals surface area contributed by atoms with Gasteiger partial charge in [0.05, 0.1) is 21.8 Å². The SMILES string of the molecule is Cc1nc(N[C@@H](C)c2cccc(C(F)(F)F)c2)c2sccc2n1. The van der Waals surface area contributed by atoms with Gasteiger partial charge in [0.2, 0.25) is 0 Å². The fraction of sp³-hybridized carbons (Fsp3) is 0.250. The fourth-order valence-electron chi connectivity index (χ4n) is 2.35. The first-order valence-electron chi connectivity index (χ1n) is 7.00. The summed E-state index contributed by atoms with van der Waals surface area (Å²) in [4.78, 5) is 8.71. The Hall–Kier alpha value is -2.15. The van der Waals surface area contributed by atoms with Gasteiger partial charge in [0.15, 0.2) is 0 Å². The predicted octanol–water partition coefficient (Wildman–Crippen LogP) is 5.19. The van der Waals surface area contributed by atoms with E-state index >= 15 is 0 Å². The van der Waals surface area contributed by atoms with Gasteiger partial charge in [-0.15, -0.1) is 11.3 Å². The highest BCUT2D eigenvalue weighted by molar-refractivity contribution is 7.17. The lowest BCUT2D eigenvalue weighted by Crippen LogP contribution is -2.11. The van der Waals surface area contributed by atoms with Crippen LogP contribution in [0.5, 0.6) is 0 Å². The smallest absolute Gasteiger partial charge is 0.362 e. The summed E-state index contributed by atoms with van der Waals surface area (Å²) in [6.45, 7) is 3.60. The van der Waals surface area contributed by atoms with Crippen LogP contribution in [0.2, 0.25) is 0 Å². The molecule has 0 fully saturated rings. The molecule has 2 aromatic heterocycles. The van der Waals surface area contributed by atoms with Crippen molar-refractivity contribution in [2.45, 2.75) is 26.1 Å². The van der Waals surface area contributed by atoms with E-state index < -0.39 is 11.7 Å². The maximum absolute atomic E-state index is 12.8. The molecule has 0 radical (unpaired) electrons. The molecule has 0 aliphatic carbocycles. The summed E-state index contributed by atoms with van der Waals surface area (Å²) < 4.78 is 39.4. The highest BCUT2D eigenvalue weighted by Gasteiger charge is 2.30. The van der Waals surface area contributed by atoms with Crippen LogP contribution in [-0.4, -0.2) is 9.97 Å². The van der Waals surface area contributed by atoms with Crippen molar-refractivity contribution in [3.05, 3.63) is 52.7 Å². The van der Waals surface area contributed by atoms with E-state index in [0.717, 1.165) is 22.3 Å². The summed E-state index contributed by atoms with van der Waals surface area (Å²) in [6, 6.07) is 6.92. The molecule has 0 aliphatic heterocycles. The summed E-state index contributed by atoms with van der Waals surface area (Å²) in [5.74, 6) is 1.27. The number of nitrogens with one attached hydrogen (secondary N) is 1. The zero-order chi connectivity index (χ0) is 16.6. The molecule has 120 valence electrons. The summed E-state index contributed by atoms with van der Waals surface area (Å²) in [7, 11) is 0. The maximum atomic E-state index is 12.8. The molecule has 3 aromatic rings. The van der Waals surface area contributed by atoms with Crippen molar-refractivity contribution in [2.24, 2.45) is 0 Å². The number of alkyl halides is 3. The van der Waals surface area contributed by atoms with Crippen molar-refractivity contribution >= 4 is 27.4 Å². The standard InChI is InChI=1S/C16H14F3N3S/c1-9(11-4-3-5-12(8-11)16(17,18)19)20-15-14-13(6-7-23-14)21-10(2)22-15/h3-9H,1-2H3,(H,20,21,22)/t9-/m0/s1. The molecule has 0 saturated carbocycles. The largest absolute Gasteiger partial charge is 0.416 e. The molecule has 0 aliphatic rings. The summed E-state index contributed by atoms with van der Waals surface area (Å²) >= 11 is 1.50. The first kappa shape index (κ1) is 15.7. The lowest BCUT2D eigenvalue weighted by molar-refractivity contribution is -0.137. The Labute approximate surface area is 135 Å². The van der Waals surface area contributed by atoms with E-state index in [1.165, 1.54) is 17.4 Å². The first-order chi connectivity index (χ1) is 10.8. The monoisotopic (exact) mass is 337 g/mol. The van der Waals surface area contributed by atoms with Crippen molar-refractivity contribution in [3.8, 4) is 0 Å². The second-order valence-electron chi connectivity index (χ2n) is 5.24. The second kappa shape index (κ2) is 5.81. The van der Waals surface area contributed by atoms with Gasteiger partial charge in [0.25, 0.3) is 0 Å². The Bertz CT molecular complexity index is 842. The Morgan fingerprint density at radius 1 is 1.17 bits per heavy atom. The molecule has 0 amide bonds. The zero-order valence-electron chi connectivity index (χ0n) is 12.5. The van der Waals surface area contributed by atoms with Crippen LogP contribution in [0.3, 0.4) is 0 Å². The number of nitrogens with zero attached hydrogens (tertiary/aromatic N) is 2. The number of hydrogen-bond donors (Lipinski definition) is 1. The third-order valence-electron chi connectivity index (χ3n) is 3.48. The molecule has 0 spiro atoms. The van der Waals surface area contributed by atoms with Gasteiger partial charge in [-0.3, -0.25) is 0 Å². The molecule has 2 heterocycles. The van der Waals surface area contributed by atoms with E-state index in [1.807, 2.05) is 18.4 Å². The lowest BCUT2D eigenvalue weighted by Gasteiger charge is -2.17. The van der Waals surface area contributed by atoms with Crippen molar-refractivity contribution in [1.29, 1.82) is 0 Å². The van der Waals surface area contributed by atoms with Crippen molar-refractivity contribution in [3.63, 3.8) is 0 Å². The van der Waals surface area contributed by atoms with Crippen molar-refractivity contribution < 1.29 is 13.2 Å². The zero-order valence-corrected chi connectivity index (χ0v) is 13.3. The van der Waals surface area contributed by atoms with E-state index in [2.05, 4.69) is 15.3 Å². The van der Waals surface area contributed by atoms with Gasteiger partial charge in [-0.2, -0.15) is 13.2 Å². The van der Waals surface area contributed by atoms with Gasteiger partial charge in [-0.25, -0.2) is 9.97 Å². The number of aromatic nitrogens is 2. The second-order valence-corrected chi connectivity index (χ2v) is 6.16. The van der Waals surface area contributed by atoms with E-state index in [0.29, 0.717) is 17.2 Å². The van der Waals surface area contributed by atoms with Crippen LogP contribution >= 0.6 is 11.3 Å². The number of anilines is 1. The van der Waals surface area contributed by atoms with Crippen LogP contribution in [0.4, 0.5) is 19.0 Å². The molecule has 1 N–H and O–H groups in total. The van der Waals surface area contributed by atoms with Gasteiger partial charge in [-0.05, 0) is 43.0 Å². The molecule has 0 bridgehead atoms. The molecule has 0 saturated heterocycles. The lowest BCUT2D eigenvalue weighted by atomic mass is 10.0. The highest BCUT2D eigenvalue weighted by atomic mass is 32.1. The maximum Gasteiger partial charge on any atom is 0.416 e. The van der Waals surface area contributed by atoms with Crippen LogP contribution in [0, 0.1) is 6.92 Å². The summed E-state index contributed by atoms with van der Waals surface area (Å²) in [5.41, 5.74) is 0.742. The Morgan fingerprint density at radius 2 is 1.96 bits per heavy atom. The molecule has 3 rings (SSSR count). The molecule has 1 aromatic carbocycles. The number of rotatable bonds is 3. The van der Waals surface area contributed by atoms with E-state index in [-0.39, 0.29) is 6.04 Å². The topological polar surface area (TPSA) is 37.8 Å². The quantitative estimate of drug-likeness (QED) is 0.714. The Kier molecular flexibility index (Phi) is 3.97. The number of fused-ring (bicyclic) bond motifs is 1. The summed E-state index contributed by atoms with van der Waals surface area (Å²) in [5, 5.41) is 5.11. The van der Waals surface area contributed by atoms with Gasteiger partial charge in [0.1, 0.15) is 11.6 Å². The number of benzene rings is 1. The van der Waals surface area contributed by atoms with E-state index in [1.54, 1.807) is 13.0 Å². The number of aryl methyl sites for hydroxylation is 1. The molecule has 1 atom stereocenters. The molecule has 3 nitrogen and oxygen atoms in total. The van der Waals surface area contributed by atoms with E-state index in [4.69, 9.17) is 0 Å². The minimum atomic E-state index is -4.34. The predicted molar refractivity (Wildman–Crippen MR) is 85.6 cm³/mol. The number of halogens is 3. The Balaban J connectivity index is 1.92. The normalized spacial score (nSPS) is 13.3. The van der Waals surface area contributed by atoms with Crippen LogP contribution in [0.1, 0.15) is 29.9 Å². The van der Waals surface area contributed by atoms with Gasteiger partial charge in [0, 0.05) is 0 Å². The molecular formula is C16H14F3N3S. The van der Waals surface area contributed by atoms with Gasteiger partial charge >= 0.3 is 6.18 Å². The van der Waals surface area contributed by atoms with Crippen LogP contribution in [0.25, 0.3) is 10.2 Å². The molecule has 7 heteroatoms. The highest BCUT2D eigenvalue weighted by Crippen LogP contribution is 2.32. The third kappa shape index (κ3) is 3.29. The molecular weight excluding hydrogens is 323 g/mol. The van der Waals surface area contributed by atoms with Crippen LogP contribution in [-0.2, 0) is 6.18 Å². The van der Waals surface area contributed by atoms with Crippen molar-refractivity contribution in [1.82, 2.24) is 9.97 Å². The molecule has 23 heavy (non-hydrogen) atoms. The van der Waals surface area contributed by atoms with Gasteiger partial charge in [-0.1, -0.05) is 12.1 Å². The van der Waals surface area contributed by atoms with Crippen molar-refractivity contribution in [2.75, 3.05) is 5.32 Å². The van der Waals surface area contributed by atoms with Crippen LogP contribution < -0.4 is 5.32 Å². The minimum Gasteiger partial charge on any atom is -0.362 e. The third-order valence-corrected chi connectivity index (χ3v) is 4.39. The first-order valence-corrected chi connectivity index (χ1v) is 7.88. The van der Waals surface area contributed by atoms with Crippen LogP contribution in [0.15, 0.2) is 35.7 Å². The number of hydrogen-bond acceptors (Lipinski definition) is 4. The Morgan fingerprint density at radius 3 is 2.70 bits per heavy atom.